The van der Waals surface area contributed by atoms with E-state index in [0.717, 1.165) is 0 Å². The van der Waals surface area contributed by atoms with Crippen LogP contribution in [0.2, 0.25) is 5.02 Å². The zero-order valence-corrected chi connectivity index (χ0v) is 15.5. The SMILES string of the molecule is N#Cc1c(-c2ccc(Cl)cc2)nc(N2NC(=O)CC2=N)nc1N1CCOCC1. The lowest BCUT2D eigenvalue weighted by atomic mass is 10.1. The van der Waals surface area contributed by atoms with E-state index < -0.39 is 0 Å². The maximum Gasteiger partial charge on any atom is 0.253 e. The Hall–Kier alpha value is -3.22. The van der Waals surface area contributed by atoms with Crippen molar-refractivity contribution in [2.75, 3.05) is 36.2 Å². The van der Waals surface area contributed by atoms with Gasteiger partial charge in [-0.2, -0.15) is 10.2 Å². The second-order valence-corrected chi connectivity index (χ2v) is 6.72. The molecule has 1 amide bonds. The van der Waals surface area contributed by atoms with Gasteiger partial charge in [0.15, 0.2) is 5.82 Å². The van der Waals surface area contributed by atoms with Crippen LogP contribution in [0, 0.1) is 16.7 Å². The van der Waals surface area contributed by atoms with Crippen LogP contribution in [-0.2, 0) is 9.53 Å². The van der Waals surface area contributed by atoms with Crippen molar-refractivity contribution >= 4 is 35.1 Å². The largest absolute Gasteiger partial charge is 0.378 e. The van der Waals surface area contributed by atoms with Crippen molar-refractivity contribution in [1.82, 2.24) is 15.4 Å². The predicted octanol–water partition coefficient (Wildman–Crippen LogP) is 1.72. The third-order valence-corrected chi connectivity index (χ3v) is 4.70. The van der Waals surface area contributed by atoms with Crippen LogP contribution in [0.15, 0.2) is 24.3 Å². The van der Waals surface area contributed by atoms with E-state index in [2.05, 4.69) is 21.5 Å². The lowest BCUT2D eigenvalue weighted by Gasteiger charge is -2.29. The Balaban J connectivity index is 1.89. The van der Waals surface area contributed by atoms with Crippen LogP contribution in [0.3, 0.4) is 0 Å². The minimum absolute atomic E-state index is 0.0460. The molecule has 2 aliphatic rings. The quantitative estimate of drug-likeness (QED) is 0.809. The van der Waals surface area contributed by atoms with Gasteiger partial charge in [0.1, 0.15) is 17.5 Å². The van der Waals surface area contributed by atoms with Gasteiger partial charge in [-0.25, -0.2) is 9.99 Å². The number of amides is 1. The van der Waals surface area contributed by atoms with Crippen LogP contribution in [0.1, 0.15) is 12.0 Å². The Morgan fingerprint density at radius 3 is 2.54 bits per heavy atom. The highest BCUT2D eigenvalue weighted by molar-refractivity contribution is 6.30. The first kappa shape index (κ1) is 18.2. The molecule has 9 nitrogen and oxygen atoms in total. The summed E-state index contributed by atoms with van der Waals surface area (Å²) >= 11 is 5.99. The summed E-state index contributed by atoms with van der Waals surface area (Å²) in [5.41, 5.74) is 4.00. The molecule has 2 N–H and O–H groups in total. The van der Waals surface area contributed by atoms with Crippen molar-refractivity contribution in [3.63, 3.8) is 0 Å². The molecular weight excluding hydrogens is 382 g/mol. The number of amidine groups is 1. The molecule has 1 aromatic carbocycles. The molecule has 0 spiro atoms. The average molecular weight is 398 g/mol. The van der Waals surface area contributed by atoms with E-state index in [-0.39, 0.29) is 24.1 Å². The number of halogens is 1. The minimum Gasteiger partial charge on any atom is -0.378 e. The first-order valence-corrected chi connectivity index (χ1v) is 9.02. The van der Waals surface area contributed by atoms with E-state index >= 15 is 0 Å². The number of aromatic nitrogens is 2. The van der Waals surface area contributed by atoms with Crippen molar-refractivity contribution in [2.24, 2.45) is 0 Å². The molecule has 2 fully saturated rings. The fourth-order valence-electron chi connectivity index (χ4n) is 3.09. The molecule has 0 saturated carbocycles. The molecule has 0 unspecified atom stereocenters. The molecule has 0 aliphatic carbocycles. The molecule has 142 valence electrons. The first-order valence-electron chi connectivity index (χ1n) is 8.64. The van der Waals surface area contributed by atoms with Gasteiger partial charge >= 0.3 is 0 Å². The number of hydrogen-bond acceptors (Lipinski definition) is 7. The van der Waals surface area contributed by atoms with E-state index in [4.69, 9.17) is 21.7 Å². The number of nitrogens with one attached hydrogen (secondary N) is 2. The van der Waals surface area contributed by atoms with Crippen molar-refractivity contribution in [1.29, 1.82) is 10.7 Å². The van der Waals surface area contributed by atoms with Crippen LogP contribution >= 0.6 is 11.6 Å². The summed E-state index contributed by atoms with van der Waals surface area (Å²) in [6.07, 6.45) is -0.0491. The van der Waals surface area contributed by atoms with Gasteiger partial charge in [-0.1, -0.05) is 23.7 Å². The Bertz CT molecular complexity index is 981. The molecule has 0 atom stereocenters. The molecule has 28 heavy (non-hydrogen) atoms. The van der Waals surface area contributed by atoms with Crippen molar-refractivity contribution in [2.45, 2.75) is 6.42 Å². The molecule has 0 bridgehead atoms. The van der Waals surface area contributed by atoms with Crippen molar-refractivity contribution in [3.8, 4) is 17.3 Å². The number of rotatable bonds is 3. The topological polar surface area (TPSA) is 118 Å². The molecule has 1 aromatic heterocycles. The zero-order valence-electron chi connectivity index (χ0n) is 14.8. The Kier molecular flexibility index (Phi) is 4.81. The summed E-state index contributed by atoms with van der Waals surface area (Å²) < 4.78 is 5.40. The van der Waals surface area contributed by atoms with Crippen molar-refractivity contribution in [3.05, 3.63) is 34.9 Å². The molecule has 2 aromatic rings. The number of nitriles is 1. The summed E-state index contributed by atoms with van der Waals surface area (Å²) in [5, 5.41) is 19.7. The number of anilines is 2. The molecule has 0 radical (unpaired) electrons. The van der Waals surface area contributed by atoms with Gasteiger partial charge in [0, 0.05) is 23.7 Å². The van der Waals surface area contributed by atoms with Crippen LogP contribution in [0.25, 0.3) is 11.3 Å². The third-order valence-electron chi connectivity index (χ3n) is 4.45. The van der Waals surface area contributed by atoms with Crippen molar-refractivity contribution < 1.29 is 9.53 Å². The number of hydrogen-bond donors (Lipinski definition) is 2. The first-order chi connectivity index (χ1) is 13.6. The van der Waals surface area contributed by atoms with Gasteiger partial charge in [-0.3, -0.25) is 15.6 Å². The lowest BCUT2D eigenvalue weighted by Crippen LogP contribution is -2.40. The second-order valence-electron chi connectivity index (χ2n) is 6.28. The van der Waals surface area contributed by atoms with Gasteiger partial charge < -0.3 is 9.64 Å². The van der Waals surface area contributed by atoms with E-state index in [9.17, 15) is 10.1 Å². The molecule has 2 saturated heterocycles. The van der Waals surface area contributed by atoms with Crippen LogP contribution < -0.4 is 15.3 Å². The second kappa shape index (κ2) is 7.42. The fraction of sp³-hybridized carbons (Fsp3) is 0.278. The fourth-order valence-corrected chi connectivity index (χ4v) is 3.22. The van der Waals surface area contributed by atoms with Crippen LogP contribution in [-0.4, -0.2) is 48.0 Å². The van der Waals surface area contributed by atoms with Crippen LogP contribution in [0.5, 0.6) is 0 Å². The van der Waals surface area contributed by atoms with Gasteiger partial charge in [0.2, 0.25) is 5.91 Å². The Morgan fingerprint density at radius 1 is 1.21 bits per heavy atom. The van der Waals surface area contributed by atoms with Crippen LogP contribution in [0.4, 0.5) is 11.8 Å². The number of morpholine rings is 1. The maximum atomic E-state index is 11.7. The van der Waals surface area contributed by atoms with Gasteiger partial charge in [0.25, 0.3) is 5.95 Å². The van der Waals surface area contributed by atoms with E-state index in [0.29, 0.717) is 54.0 Å². The smallest absolute Gasteiger partial charge is 0.253 e. The van der Waals surface area contributed by atoms with Gasteiger partial charge in [0.05, 0.1) is 25.3 Å². The van der Waals surface area contributed by atoms with E-state index in [1.807, 2.05) is 4.90 Å². The van der Waals surface area contributed by atoms with E-state index in [1.54, 1.807) is 24.3 Å². The summed E-state index contributed by atoms with van der Waals surface area (Å²) in [5.74, 6) is 0.333. The number of carbonyl (C=O) groups is 1. The summed E-state index contributed by atoms with van der Waals surface area (Å²) in [4.78, 5) is 22.7. The highest BCUT2D eigenvalue weighted by atomic mass is 35.5. The average Bonchev–Trinajstić information content (AvgIpc) is 3.06. The minimum atomic E-state index is -0.307. The molecule has 3 heterocycles. The number of ether oxygens (including phenoxy) is 1. The Labute approximate surface area is 166 Å². The molecule has 2 aliphatic heterocycles. The monoisotopic (exact) mass is 397 g/mol. The Morgan fingerprint density at radius 2 is 1.93 bits per heavy atom. The number of nitrogens with zero attached hydrogens (tertiary/aromatic N) is 5. The number of benzene rings is 1. The number of hydrazine groups is 1. The summed E-state index contributed by atoms with van der Waals surface area (Å²) in [7, 11) is 0. The summed E-state index contributed by atoms with van der Waals surface area (Å²) in [6.45, 7) is 2.21. The third kappa shape index (κ3) is 3.35. The zero-order chi connectivity index (χ0) is 19.7. The predicted molar refractivity (Wildman–Crippen MR) is 103 cm³/mol. The highest BCUT2D eigenvalue weighted by Gasteiger charge is 2.30. The van der Waals surface area contributed by atoms with Gasteiger partial charge in [-0.05, 0) is 12.1 Å². The number of carbonyl (C=O) groups excluding carboxylic acids is 1. The maximum absolute atomic E-state index is 11.7. The van der Waals surface area contributed by atoms with E-state index in [1.165, 1.54) is 5.01 Å². The standard InChI is InChI=1S/C18H16ClN7O2/c19-12-3-1-11(2-4-12)16-13(10-20)17(25-5-7-28-8-6-25)23-18(22-16)26-14(21)9-15(27)24-26/h1-4,21H,5-9H2,(H,24,27). The van der Waals surface area contributed by atoms with Gasteiger partial charge in [-0.15, -0.1) is 0 Å². The highest BCUT2D eigenvalue weighted by Crippen LogP contribution is 2.32. The summed E-state index contributed by atoms with van der Waals surface area (Å²) in [6, 6.07) is 9.18. The molecule has 10 heteroatoms. The molecular formula is C18H16ClN7O2. The molecule has 4 rings (SSSR count). The normalized spacial score (nSPS) is 16.9. The lowest BCUT2D eigenvalue weighted by molar-refractivity contribution is -0.118.